The molecule has 0 atom stereocenters. The second-order valence-electron chi connectivity index (χ2n) is 6.18. The number of sulfonamides is 1. The Balaban J connectivity index is 1.62. The van der Waals surface area contributed by atoms with Gasteiger partial charge >= 0.3 is 0 Å². The molecule has 3 rings (SSSR count). The van der Waals surface area contributed by atoms with E-state index >= 15 is 0 Å². The quantitative estimate of drug-likeness (QED) is 0.756. The Labute approximate surface area is 153 Å². The fourth-order valence-electron chi connectivity index (χ4n) is 2.79. The molecule has 6 nitrogen and oxygen atoms in total. The number of hydrogen-bond acceptors (Lipinski definition) is 4. The molecule has 7 heteroatoms. The fraction of sp³-hybridized carbons (Fsp3) is 0.263. The van der Waals surface area contributed by atoms with Gasteiger partial charge in [0.05, 0.1) is 23.7 Å². The van der Waals surface area contributed by atoms with Gasteiger partial charge in [-0.05, 0) is 42.3 Å². The average molecular weight is 371 g/mol. The molecule has 2 heterocycles. The fourth-order valence-corrected chi connectivity index (χ4v) is 4.35. The normalized spacial score (nSPS) is 16.1. The second kappa shape index (κ2) is 7.70. The van der Waals surface area contributed by atoms with Crippen LogP contribution in [0.5, 0.6) is 0 Å². The predicted molar refractivity (Wildman–Crippen MR) is 102 cm³/mol. The van der Waals surface area contributed by atoms with Gasteiger partial charge in [0.2, 0.25) is 15.9 Å². The molecule has 0 N–H and O–H groups in total. The Kier molecular flexibility index (Phi) is 5.37. The first-order chi connectivity index (χ1) is 12.5. The number of amides is 1. The van der Waals surface area contributed by atoms with Crippen molar-refractivity contribution in [2.45, 2.75) is 13.0 Å². The summed E-state index contributed by atoms with van der Waals surface area (Å²) in [6.07, 6.45) is 5.58. The number of carbonyl (C=O) groups is 1. The van der Waals surface area contributed by atoms with Crippen molar-refractivity contribution in [1.29, 1.82) is 0 Å². The Morgan fingerprint density at radius 2 is 2.00 bits per heavy atom. The van der Waals surface area contributed by atoms with Gasteiger partial charge in [-0.15, -0.1) is 0 Å². The molecule has 0 radical (unpaired) electrons. The van der Waals surface area contributed by atoms with E-state index < -0.39 is 10.0 Å². The molecule has 1 aliphatic heterocycles. The summed E-state index contributed by atoms with van der Waals surface area (Å²) >= 11 is 0. The molecule has 1 aromatic heterocycles. The average Bonchev–Trinajstić information content (AvgIpc) is 3.00. The van der Waals surface area contributed by atoms with E-state index in [9.17, 15) is 13.2 Å². The molecule has 0 spiro atoms. The van der Waals surface area contributed by atoms with Crippen LogP contribution in [0.2, 0.25) is 0 Å². The summed E-state index contributed by atoms with van der Waals surface area (Å²) < 4.78 is 25.3. The summed E-state index contributed by atoms with van der Waals surface area (Å²) in [5.74, 6) is 0.0769. The number of anilines is 1. The monoisotopic (exact) mass is 371 g/mol. The summed E-state index contributed by atoms with van der Waals surface area (Å²) in [5, 5.41) is 0. The molecule has 1 aromatic carbocycles. The SMILES string of the molecule is CN(Cc1ccccn1)C(=O)C=Cc1ccc(N2CCCS2(=O)=O)cc1. The van der Waals surface area contributed by atoms with E-state index in [-0.39, 0.29) is 11.7 Å². The van der Waals surface area contributed by atoms with Crippen molar-refractivity contribution in [3.63, 3.8) is 0 Å². The van der Waals surface area contributed by atoms with Crippen molar-refractivity contribution in [2.24, 2.45) is 0 Å². The molecule has 1 amide bonds. The van der Waals surface area contributed by atoms with Gasteiger partial charge in [0.25, 0.3) is 0 Å². The van der Waals surface area contributed by atoms with Crippen LogP contribution in [-0.2, 0) is 21.4 Å². The third-order valence-electron chi connectivity index (χ3n) is 4.20. The van der Waals surface area contributed by atoms with Crippen molar-refractivity contribution in [1.82, 2.24) is 9.88 Å². The summed E-state index contributed by atoms with van der Waals surface area (Å²) in [7, 11) is -1.45. The van der Waals surface area contributed by atoms with Crippen molar-refractivity contribution in [3.8, 4) is 0 Å². The third-order valence-corrected chi connectivity index (χ3v) is 6.07. The minimum atomic E-state index is -3.17. The molecule has 0 saturated carbocycles. The standard InChI is InChI=1S/C19H21N3O3S/c1-21(15-17-5-2-3-12-20-17)19(23)11-8-16-6-9-18(10-7-16)22-13-4-14-26(22,24)25/h2-3,5-12H,4,13-15H2,1H3. The Hall–Kier alpha value is -2.67. The van der Waals surface area contributed by atoms with E-state index in [0.717, 1.165) is 11.3 Å². The van der Waals surface area contributed by atoms with Crippen molar-refractivity contribution < 1.29 is 13.2 Å². The van der Waals surface area contributed by atoms with Crippen LogP contribution >= 0.6 is 0 Å². The van der Waals surface area contributed by atoms with Crippen LogP contribution in [0.25, 0.3) is 6.08 Å². The lowest BCUT2D eigenvalue weighted by Crippen LogP contribution is -2.25. The van der Waals surface area contributed by atoms with Gasteiger partial charge in [0.1, 0.15) is 0 Å². The van der Waals surface area contributed by atoms with Crippen LogP contribution in [0.3, 0.4) is 0 Å². The highest BCUT2D eigenvalue weighted by molar-refractivity contribution is 7.93. The largest absolute Gasteiger partial charge is 0.336 e. The predicted octanol–water partition coefficient (Wildman–Crippen LogP) is 2.29. The minimum Gasteiger partial charge on any atom is -0.336 e. The summed E-state index contributed by atoms with van der Waals surface area (Å²) in [6, 6.07) is 12.8. The zero-order chi connectivity index (χ0) is 18.6. The Morgan fingerprint density at radius 3 is 2.62 bits per heavy atom. The highest BCUT2D eigenvalue weighted by Gasteiger charge is 2.28. The molecule has 0 unspecified atom stereocenters. The molecular weight excluding hydrogens is 350 g/mol. The van der Waals surface area contributed by atoms with E-state index in [1.807, 2.05) is 30.3 Å². The van der Waals surface area contributed by atoms with E-state index in [1.54, 1.807) is 36.4 Å². The zero-order valence-corrected chi connectivity index (χ0v) is 15.4. The van der Waals surface area contributed by atoms with Gasteiger partial charge in [-0.1, -0.05) is 18.2 Å². The van der Waals surface area contributed by atoms with E-state index in [2.05, 4.69) is 4.98 Å². The second-order valence-corrected chi connectivity index (χ2v) is 8.19. The van der Waals surface area contributed by atoms with Crippen molar-refractivity contribution in [3.05, 3.63) is 66.0 Å². The third kappa shape index (κ3) is 4.29. The highest BCUT2D eigenvalue weighted by Crippen LogP contribution is 2.24. The summed E-state index contributed by atoms with van der Waals surface area (Å²) in [6.45, 7) is 0.962. The van der Waals surface area contributed by atoms with Gasteiger partial charge < -0.3 is 4.90 Å². The molecule has 1 saturated heterocycles. The smallest absolute Gasteiger partial charge is 0.246 e. The number of rotatable bonds is 5. The van der Waals surface area contributed by atoms with Crippen LogP contribution in [0.1, 0.15) is 17.7 Å². The lowest BCUT2D eigenvalue weighted by atomic mass is 10.2. The first-order valence-electron chi connectivity index (χ1n) is 8.39. The molecule has 136 valence electrons. The summed E-state index contributed by atoms with van der Waals surface area (Å²) in [4.78, 5) is 18.0. The maximum absolute atomic E-state index is 12.2. The van der Waals surface area contributed by atoms with E-state index in [4.69, 9.17) is 0 Å². The van der Waals surface area contributed by atoms with E-state index in [1.165, 1.54) is 10.4 Å². The van der Waals surface area contributed by atoms with Crippen LogP contribution in [0.15, 0.2) is 54.7 Å². The highest BCUT2D eigenvalue weighted by atomic mass is 32.2. The molecule has 1 aliphatic rings. The maximum Gasteiger partial charge on any atom is 0.246 e. The zero-order valence-electron chi connectivity index (χ0n) is 14.6. The Morgan fingerprint density at radius 1 is 1.23 bits per heavy atom. The molecule has 1 fully saturated rings. The van der Waals surface area contributed by atoms with Gasteiger partial charge in [-0.2, -0.15) is 0 Å². The molecule has 0 aliphatic carbocycles. The lowest BCUT2D eigenvalue weighted by Gasteiger charge is -2.16. The number of hydrogen-bond donors (Lipinski definition) is 0. The van der Waals surface area contributed by atoms with E-state index in [0.29, 0.717) is 25.2 Å². The van der Waals surface area contributed by atoms with Gasteiger partial charge in [-0.3, -0.25) is 14.1 Å². The van der Waals surface area contributed by atoms with Gasteiger partial charge in [-0.25, -0.2) is 8.42 Å². The van der Waals surface area contributed by atoms with Crippen molar-refractivity contribution in [2.75, 3.05) is 23.7 Å². The molecule has 26 heavy (non-hydrogen) atoms. The van der Waals surface area contributed by atoms with Gasteiger partial charge in [0.15, 0.2) is 0 Å². The number of nitrogens with zero attached hydrogens (tertiary/aromatic N) is 3. The van der Waals surface area contributed by atoms with Gasteiger partial charge in [0, 0.05) is 25.9 Å². The summed E-state index contributed by atoms with van der Waals surface area (Å²) in [5.41, 5.74) is 2.33. The first-order valence-corrected chi connectivity index (χ1v) is 10.0. The number of benzene rings is 1. The topological polar surface area (TPSA) is 70.6 Å². The van der Waals surface area contributed by atoms with Crippen LogP contribution in [0, 0.1) is 0 Å². The maximum atomic E-state index is 12.2. The van der Waals surface area contributed by atoms with Crippen molar-refractivity contribution >= 4 is 27.7 Å². The minimum absolute atomic E-state index is 0.123. The molecule has 2 aromatic rings. The van der Waals surface area contributed by atoms with Crippen LogP contribution in [-0.4, -0.2) is 43.6 Å². The molecule has 0 bridgehead atoms. The number of carbonyl (C=O) groups excluding carboxylic acids is 1. The van der Waals surface area contributed by atoms with Crippen LogP contribution < -0.4 is 4.31 Å². The Bertz CT molecular complexity index is 893. The number of pyridine rings is 1. The first kappa shape index (κ1) is 18.1. The number of aromatic nitrogens is 1. The van der Waals surface area contributed by atoms with Crippen LogP contribution in [0.4, 0.5) is 5.69 Å². The number of likely N-dealkylation sites (N-methyl/N-ethyl adjacent to an activating group) is 1. The molecular formula is C19H21N3O3S. The lowest BCUT2D eigenvalue weighted by molar-refractivity contribution is -0.125.